The number of rotatable bonds is 6. The number of hydrogen-bond acceptors (Lipinski definition) is 3. The SMILES string of the molecule is CN(C)C(=O)CCN(CCC(=O)O)C(C)(C)C. The van der Waals surface area contributed by atoms with E-state index in [0.29, 0.717) is 19.5 Å². The number of carboxylic acid groups (broad SMARTS) is 1. The van der Waals surface area contributed by atoms with Crippen LogP contribution >= 0.6 is 0 Å². The van der Waals surface area contributed by atoms with E-state index in [1.54, 1.807) is 19.0 Å². The van der Waals surface area contributed by atoms with Crippen molar-refractivity contribution in [1.82, 2.24) is 9.80 Å². The topological polar surface area (TPSA) is 60.9 Å². The zero-order valence-electron chi connectivity index (χ0n) is 11.5. The molecule has 0 rings (SSSR count). The van der Waals surface area contributed by atoms with Crippen molar-refractivity contribution in [2.45, 2.75) is 39.2 Å². The molecule has 0 aliphatic rings. The molecule has 1 N–H and O–H groups in total. The summed E-state index contributed by atoms with van der Waals surface area (Å²) >= 11 is 0. The molecule has 17 heavy (non-hydrogen) atoms. The van der Waals surface area contributed by atoms with Crippen LogP contribution in [0.3, 0.4) is 0 Å². The van der Waals surface area contributed by atoms with Crippen LogP contribution in [0.5, 0.6) is 0 Å². The van der Waals surface area contributed by atoms with Gasteiger partial charge in [0, 0.05) is 39.1 Å². The number of aliphatic carboxylic acids is 1. The van der Waals surface area contributed by atoms with Gasteiger partial charge in [0.05, 0.1) is 6.42 Å². The van der Waals surface area contributed by atoms with Gasteiger partial charge in [-0.05, 0) is 20.8 Å². The van der Waals surface area contributed by atoms with Crippen molar-refractivity contribution in [2.75, 3.05) is 27.2 Å². The lowest BCUT2D eigenvalue weighted by Crippen LogP contribution is -2.44. The molecule has 0 saturated heterocycles. The van der Waals surface area contributed by atoms with E-state index in [-0.39, 0.29) is 17.9 Å². The molecule has 100 valence electrons. The summed E-state index contributed by atoms with van der Waals surface area (Å²) in [6.07, 6.45) is 0.525. The fraction of sp³-hybridized carbons (Fsp3) is 0.833. The molecule has 0 saturated carbocycles. The van der Waals surface area contributed by atoms with Gasteiger partial charge in [0.2, 0.25) is 5.91 Å². The van der Waals surface area contributed by atoms with Crippen molar-refractivity contribution >= 4 is 11.9 Å². The lowest BCUT2D eigenvalue weighted by molar-refractivity contribution is -0.137. The Kier molecular flexibility index (Phi) is 6.16. The van der Waals surface area contributed by atoms with E-state index in [1.165, 1.54) is 0 Å². The predicted molar refractivity (Wildman–Crippen MR) is 66.9 cm³/mol. The molecule has 0 aliphatic carbocycles. The van der Waals surface area contributed by atoms with E-state index < -0.39 is 5.97 Å². The second-order valence-electron chi connectivity index (χ2n) is 5.34. The van der Waals surface area contributed by atoms with Crippen molar-refractivity contribution in [2.24, 2.45) is 0 Å². The first kappa shape index (κ1) is 15.9. The third-order valence-corrected chi connectivity index (χ3v) is 2.64. The molecule has 0 atom stereocenters. The molecular weight excluding hydrogens is 220 g/mol. The van der Waals surface area contributed by atoms with Gasteiger partial charge in [-0.3, -0.25) is 14.5 Å². The number of hydrogen-bond donors (Lipinski definition) is 1. The molecule has 0 aliphatic heterocycles. The van der Waals surface area contributed by atoms with E-state index in [0.717, 1.165) is 0 Å². The average molecular weight is 244 g/mol. The summed E-state index contributed by atoms with van der Waals surface area (Å²) in [6.45, 7) is 7.13. The molecule has 0 heterocycles. The van der Waals surface area contributed by atoms with E-state index in [9.17, 15) is 9.59 Å². The van der Waals surface area contributed by atoms with Crippen LogP contribution in [0.1, 0.15) is 33.6 Å². The fourth-order valence-electron chi connectivity index (χ4n) is 1.47. The van der Waals surface area contributed by atoms with Crippen LogP contribution in [0.4, 0.5) is 0 Å². The molecule has 0 radical (unpaired) electrons. The first-order chi connectivity index (χ1) is 7.64. The van der Waals surface area contributed by atoms with Gasteiger partial charge in [-0.25, -0.2) is 0 Å². The Morgan fingerprint density at radius 1 is 1.06 bits per heavy atom. The van der Waals surface area contributed by atoms with E-state index >= 15 is 0 Å². The van der Waals surface area contributed by atoms with Crippen LogP contribution in [-0.2, 0) is 9.59 Å². The maximum Gasteiger partial charge on any atom is 0.304 e. The molecule has 0 aromatic heterocycles. The van der Waals surface area contributed by atoms with Crippen LogP contribution in [0.2, 0.25) is 0 Å². The Morgan fingerprint density at radius 3 is 1.88 bits per heavy atom. The second kappa shape index (κ2) is 6.59. The minimum atomic E-state index is -0.807. The molecule has 5 heteroatoms. The Balaban J connectivity index is 4.31. The first-order valence-electron chi connectivity index (χ1n) is 5.81. The molecule has 0 aromatic rings. The van der Waals surface area contributed by atoms with Crippen molar-refractivity contribution in [3.63, 3.8) is 0 Å². The summed E-state index contributed by atoms with van der Waals surface area (Å²) in [5.41, 5.74) is -0.123. The quantitative estimate of drug-likeness (QED) is 0.758. The van der Waals surface area contributed by atoms with E-state index in [2.05, 4.69) is 0 Å². The Morgan fingerprint density at radius 2 is 1.53 bits per heavy atom. The summed E-state index contributed by atoms with van der Waals surface area (Å²) in [7, 11) is 3.45. The van der Waals surface area contributed by atoms with Gasteiger partial charge in [0.1, 0.15) is 0 Å². The van der Waals surface area contributed by atoms with Crippen molar-refractivity contribution in [3.05, 3.63) is 0 Å². The van der Waals surface area contributed by atoms with Gasteiger partial charge in [-0.2, -0.15) is 0 Å². The van der Waals surface area contributed by atoms with Gasteiger partial charge >= 0.3 is 5.97 Å². The standard InChI is InChI=1S/C12H24N2O3/c1-12(2,3)14(9-7-11(16)17)8-6-10(15)13(4)5/h6-9H2,1-5H3,(H,16,17). The smallest absolute Gasteiger partial charge is 0.304 e. The number of carbonyl (C=O) groups is 2. The summed E-state index contributed by atoms with van der Waals surface area (Å²) in [5, 5.41) is 8.69. The highest BCUT2D eigenvalue weighted by molar-refractivity contribution is 5.75. The van der Waals surface area contributed by atoms with Crippen LogP contribution in [-0.4, -0.2) is 59.5 Å². The third kappa shape index (κ3) is 6.94. The minimum Gasteiger partial charge on any atom is -0.481 e. The molecule has 0 fully saturated rings. The maximum atomic E-state index is 11.5. The molecule has 0 aromatic carbocycles. The van der Waals surface area contributed by atoms with Crippen molar-refractivity contribution in [1.29, 1.82) is 0 Å². The van der Waals surface area contributed by atoms with E-state index in [1.807, 2.05) is 25.7 Å². The summed E-state index contributed by atoms with van der Waals surface area (Å²) < 4.78 is 0. The third-order valence-electron chi connectivity index (χ3n) is 2.64. The van der Waals surface area contributed by atoms with Crippen LogP contribution in [0.15, 0.2) is 0 Å². The normalized spacial score (nSPS) is 11.6. The highest BCUT2D eigenvalue weighted by Crippen LogP contribution is 2.14. The number of nitrogens with zero attached hydrogens (tertiary/aromatic N) is 2. The van der Waals surface area contributed by atoms with Gasteiger partial charge < -0.3 is 10.0 Å². The summed E-state index contributed by atoms with van der Waals surface area (Å²) in [4.78, 5) is 25.7. The molecule has 1 amide bonds. The van der Waals surface area contributed by atoms with Crippen LogP contribution in [0.25, 0.3) is 0 Å². The Hall–Kier alpha value is -1.10. The lowest BCUT2D eigenvalue weighted by Gasteiger charge is -2.35. The number of carboxylic acids is 1. The fourth-order valence-corrected chi connectivity index (χ4v) is 1.47. The molecule has 0 bridgehead atoms. The average Bonchev–Trinajstić information content (AvgIpc) is 2.14. The van der Waals surface area contributed by atoms with Gasteiger partial charge in [0.25, 0.3) is 0 Å². The second-order valence-corrected chi connectivity index (χ2v) is 5.34. The largest absolute Gasteiger partial charge is 0.481 e. The molecule has 0 unspecified atom stereocenters. The predicted octanol–water partition coefficient (Wildman–Crippen LogP) is 1.04. The molecule has 0 spiro atoms. The maximum absolute atomic E-state index is 11.5. The Labute approximate surface area is 103 Å². The summed E-state index contributed by atoms with van der Waals surface area (Å²) in [6, 6.07) is 0. The van der Waals surface area contributed by atoms with Crippen LogP contribution in [0, 0.1) is 0 Å². The zero-order chi connectivity index (χ0) is 13.6. The van der Waals surface area contributed by atoms with Crippen molar-refractivity contribution < 1.29 is 14.7 Å². The zero-order valence-corrected chi connectivity index (χ0v) is 11.5. The Bertz CT molecular complexity index is 269. The molecular formula is C12H24N2O3. The highest BCUT2D eigenvalue weighted by atomic mass is 16.4. The van der Waals surface area contributed by atoms with E-state index in [4.69, 9.17) is 5.11 Å². The van der Waals surface area contributed by atoms with Gasteiger partial charge in [-0.1, -0.05) is 0 Å². The first-order valence-corrected chi connectivity index (χ1v) is 5.81. The molecule has 5 nitrogen and oxygen atoms in total. The van der Waals surface area contributed by atoms with Crippen molar-refractivity contribution in [3.8, 4) is 0 Å². The number of carbonyl (C=O) groups excluding carboxylic acids is 1. The van der Waals surface area contributed by atoms with Crippen LogP contribution < -0.4 is 0 Å². The minimum absolute atomic E-state index is 0.0644. The lowest BCUT2D eigenvalue weighted by atomic mass is 10.1. The number of amides is 1. The van der Waals surface area contributed by atoms with Gasteiger partial charge in [0.15, 0.2) is 0 Å². The van der Waals surface area contributed by atoms with Gasteiger partial charge in [-0.15, -0.1) is 0 Å². The highest BCUT2D eigenvalue weighted by Gasteiger charge is 2.22. The summed E-state index contributed by atoms with van der Waals surface area (Å²) in [5.74, 6) is -0.743. The monoisotopic (exact) mass is 244 g/mol.